The second kappa shape index (κ2) is 2.02. The molecule has 0 amide bonds. The second-order valence-electron chi connectivity index (χ2n) is 0.612. The minimum atomic E-state index is 0. The van der Waals surface area contributed by atoms with Gasteiger partial charge < -0.3 is 4.74 Å². The van der Waals surface area contributed by atoms with Gasteiger partial charge in [0.25, 0.3) is 0 Å². The van der Waals surface area contributed by atoms with Gasteiger partial charge in [-0.15, -0.1) is 0 Å². The van der Waals surface area contributed by atoms with Gasteiger partial charge in [0.15, 0.2) is 0 Å². The van der Waals surface area contributed by atoms with Crippen LogP contribution >= 0.6 is 0 Å². The van der Waals surface area contributed by atoms with E-state index in [1.54, 1.807) is 0 Å². The molecule has 1 aliphatic rings. The van der Waals surface area contributed by atoms with E-state index in [0.717, 1.165) is 13.2 Å². The molecule has 0 N–H and O–H groups in total. The van der Waals surface area contributed by atoms with Crippen molar-refractivity contribution in [1.82, 2.24) is 0 Å². The molecule has 1 aliphatic heterocycles. The molecular formula is C2H4OTe. The van der Waals surface area contributed by atoms with E-state index in [-0.39, 0.29) is 23.7 Å². The Morgan fingerprint density at radius 1 is 1.25 bits per heavy atom. The smallest absolute Gasteiger partial charge is 0.0701 e. The molecule has 0 aromatic heterocycles. The summed E-state index contributed by atoms with van der Waals surface area (Å²) in [5.41, 5.74) is 0. The molecule has 1 heterocycles. The first-order valence-corrected chi connectivity index (χ1v) is 1.08. The summed E-state index contributed by atoms with van der Waals surface area (Å²) in [7, 11) is 0. The van der Waals surface area contributed by atoms with E-state index in [9.17, 15) is 0 Å². The topological polar surface area (TPSA) is 12.5 Å². The van der Waals surface area contributed by atoms with E-state index in [1.165, 1.54) is 0 Å². The van der Waals surface area contributed by atoms with Gasteiger partial charge in [-0.3, -0.25) is 0 Å². The summed E-state index contributed by atoms with van der Waals surface area (Å²) in [4.78, 5) is 0. The van der Waals surface area contributed by atoms with E-state index in [4.69, 9.17) is 0 Å². The maximum absolute atomic E-state index is 4.50. The standard InChI is InChI=1S/C2H4O.Te/c1-2-3-1;/h1-2H2;. The van der Waals surface area contributed by atoms with Gasteiger partial charge in [-0.05, 0) is 0 Å². The zero-order valence-electron chi connectivity index (χ0n) is 2.23. The first-order valence-electron chi connectivity index (χ1n) is 1.08. The van der Waals surface area contributed by atoms with Crippen LogP contribution in [0, 0.1) is 0 Å². The van der Waals surface area contributed by atoms with Crippen molar-refractivity contribution in [1.29, 1.82) is 0 Å². The summed E-state index contributed by atoms with van der Waals surface area (Å²) in [6.45, 7) is 2.00. The Morgan fingerprint density at radius 2 is 1.50 bits per heavy atom. The summed E-state index contributed by atoms with van der Waals surface area (Å²) in [6.07, 6.45) is 0. The molecule has 2 radical (unpaired) electrons. The molecule has 2 heteroatoms. The fraction of sp³-hybridized carbons (Fsp3) is 1.00. The molecule has 4 heavy (non-hydrogen) atoms. The molecule has 0 atom stereocenters. The van der Waals surface area contributed by atoms with Gasteiger partial charge in [0, 0.05) is 23.7 Å². The summed E-state index contributed by atoms with van der Waals surface area (Å²) >= 11 is 0. The van der Waals surface area contributed by atoms with Crippen LogP contribution in [0.25, 0.3) is 0 Å². The summed E-state index contributed by atoms with van der Waals surface area (Å²) < 4.78 is 4.50. The average Bonchev–Trinajstić information content (AvgIpc) is 1.46. The van der Waals surface area contributed by atoms with Gasteiger partial charge in [-0.1, -0.05) is 0 Å². The van der Waals surface area contributed by atoms with Crippen molar-refractivity contribution in [3.05, 3.63) is 0 Å². The Morgan fingerprint density at radius 3 is 1.50 bits per heavy atom. The van der Waals surface area contributed by atoms with E-state index < -0.39 is 0 Å². The van der Waals surface area contributed by atoms with Crippen molar-refractivity contribution in [3.63, 3.8) is 0 Å². The number of ether oxygens (including phenoxy) is 1. The van der Waals surface area contributed by atoms with Gasteiger partial charge >= 0.3 is 0 Å². The van der Waals surface area contributed by atoms with Crippen LogP contribution < -0.4 is 0 Å². The predicted octanol–water partition coefficient (Wildman–Crippen LogP) is -0.364. The molecule has 24 valence electrons. The van der Waals surface area contributed by atoms with E-state index in [1.807, 2.05) is 0 Å². The quantitative estimate of drug-likeness (QED) is 0.358. The molecule has 1 saturated heterocycles. The summed E-state index contributed by atoms with van der Waals surface area (Å²) in [6, 6.07) is 0. The maximum atomic E-state index is 4.50. The van der Waals surface area contributed by atoms with Crippen LogP contribution in [0.15, 0.2) is 0 Å². The first-order chi connectivity index (χ1) is 1.50. The van der Waals surface area contributed by atoms with Crippen LogP contribution in [0.2, 0.25) is 0 Å². The van der Waals surface area contributed by atoms with Crippen molar-refractivity contribution >= 4 is 23.7 Å². The van der Waals surface area contributed by atoms with Crippen LogP contribution in [0.1, 0.15) is 0 Å². The third kappa shape index (κ3) is 2.75. The molecule has 0 aliphatic carbocycles. The molecule has 1 rings (SSSR count). The molecule has 0 saturated carbocycles. The minimum Gasteiger partial charge on any atom is -0.377 e. The Bertz CT molecular complexity index is 10.8. The zero-order chi connectivity index (χ0) is 2.12. The number of hydrogen-bond acceptors (Lipinski definition) is 1. The molecule has 0 aromatic carbocycles. The fourth-order valence-corrected chi connectivity index (χ4v) is 0. The molecule has 0 unspecified atom stereocenters. The van der Waals surface area contributed by atoms with Gasteiger partial charge in [0.1, 0.15) is 0 Å². The van der Waals surface area contributed by atoms with Crippen molar-refractivity contribution in [2.75, 3.05) is 13.2 Å². The van der Waals surface area contributed by atoms with Gasteiger partial charge in [0.2, 0.25) is 0 Å². The minimum absolute atomic E-state index is 0. The predicted molar refractivity (Wildman–Crippen MR) is 16.6 cm³/mol. The largest absolute Gasteiger partial charge is 0.377 e. The molecule has 0 bridgehead atoms. The van der Waals surface area contributed by atoms with Crippen molar-refractivity contribution in [3.8, 4) is 0 Å². The monoisotopic (exact) mass is 174 g/mol. The van der Waals surface area contributed by atoms with Crippen molar-refractivity contribution < 1.29 is 4.74 Å². The third-order valence-electron chi connectivity index (χ3n) is 0.204. The zero-order valence-corrected chi connectivity index (χ0v) is 4.56. The van der Waals surface area contributed by atoms with Crippen LogP contribution in [0.5, 0.6) is 0 Å². The van der Waals surface area contributed by atoms with Gasteiger partial charge in [-0.25, -0.2) is 0 Å². The molecule has 0 aromatic rings. The third-order valence-corrected chi connectivity index (χ3v) is 0.204. The summed E-state index contributed by atoms with van der Waals surface area (Å²) in [5, 5.41) is 0. The normalized spacial score (nSPS) is 18.0. The van der Waals surface area contributed by atoms with Gasteiger partial charge in [-0.2, -0.15) is 0 Å². The second-order valence-corrected chi connectivity index (χ2v) is 0.612. The Hall–Kier alpha value is 0.750. The van der Waals surface area contributed by atoms with Crippen molar-refractivity contribution in [2.24, 2.45) is 0 Å². The molecule has 1 fully saturated rings. The van der Waals surface area contributed by atoms with Crippen LogP contribution in [0.3, 0.4) is 0 Å². The fourth-order valence-electron chi connectivity index (χ4n) is 0. The maximum Gasteiger partial charge on any atom is 0.0701 e. The Balaban J connectivity index is 0.0000000900. The Kier molecular flexibility index (Phi) is 2.39. The summed E-state index contributed by atoms with van der Waals surface area (Å²) in [5.74, 6) is 0. The van der Waals surface area contributed by atoms with E-state index in [2.05, 4.69) is 4.74 Å². The number of epoxide rings is 1. The van der Waals surface area contributed by atoms with E-state index in [0.29, 0.717) is 0 Å². The average molecular weight is 172 g/mol. The number of hydrogen-bond donors (Lipinski definition) is 0. The van der Waals surface area contributed by atoms with Crippen molar-refractivity contribution in [2.45, 2.75) is 0 Å². The SMILES string of the molecule is C1CO1.[Te]. The molecule has 1 nitrogen and oxygen atoms in total. The van der Waals surface area contributed by atoms with Crippen LogP contribution in [-0.4, -0.2) is 36.9 Å². The first kappa shape index (κ1) is 4.75. The van der Waals surface area contributed by atoms with Gasteiger partial charge in [0.05, 0.1) is 13.2 Å². The molecular weight excluding hydrogens is 168 g/mol. The Labute approximate surface area is 42.1 Å². The number of rotatable bonds is 0. The molecule has 0 spiro atoms. The van der Waals surface area contributed by atoms with Crippen LogP contribution in [0.4, 0.5) is 0 Å². The van der Waals surface area contributed by atoms with E-state index >= 15 is 0 Å². The van der Waals surface area contributed by atoms with Crippen LogP contribution in [-0.2, 0) is 4.74 Å².